The summed E-state index contributed by atoms with van der Waals surface area (Å²) in [6, 6.07) is 10.1. The molecular formula is C20H29IN6O. The number of carbonyl (C=O) groups excluding carboxylic acids is 1. The zero-order chi connectivity index (χ0) is 19.1. The zero-order valence-electron chi connectivity index (χ0n) is 16.3. The van der Waals surface area contributed by atoms with Gasteiger partial charge in [-0.1, -0.05) is 12.1 Å². The van der Waals surface area contributed by atoms with Crippen LogP contribution in [0.5, 0.6) is 0 Å². The van der Waals surface area contributed by atoms with E-state index in [4.69, 9.17) is 10.7 Å². The van der Waals surface area contributed by atoms with Gasteiger partial charge in [0.2, 0.25) is 5.91 Å². The van der Waals surface area contributed by atoms with Crippen molar-refractivity contribution in [2.75, 3.05) is 19.6 Å². The van der Waals surface area contributed by atoms with Crippen LogP contribution in [0.15, 0.2) is 47.7 Å². The maximum Gasteiger partial charge on any atom is 0.217 e. The first-order valence-electron chi connectivity index (χ1n) is 9.56. The first-order valence-corrected chi connectivity index (χ1v) is 9.56. The summed E-state index contributed by atoms with van der Waals surface area (Å²) in [4.78, 5) is 18.3. The van der Waals surface area contributed by atoms with Crippen LogP contribution in [0.3, 0.4) is 0 Å². The van der Waals surface area contributed by atoms with Crippen molar-refractivity contribution in [1.82, 2.24) is 20.0 Å². The average molecular weight is 496 g/mol. The van der Waals surface area contributed by atoms with E-state index in [1.807, 2.05) is 29.1 Å². The van der Waals surface area contributed by atoms with Crippen LogP contribution in [0.2, 0.25) is 0 Å². The van der Waals surface area contributed by atoms with Crippen molar-refractivity contribution in [2.24, 2.45) is 16.6 Å². The molecule has 7 nitrogen and oxygen atoms in total. The van der Waals surface area contributed by atoms with E-state index in [0.717, 1.165) is 49.7 Å². The monoisotopic (exact) mass is 496 g/mol. The van der Waals surface area contributed by atoms with Crippen LogP contribution in [0.25, 0.3) is 5.69 Å². The van der Waals surface area contributed by atoms with Gasteiger partial charge in [-0.15, -0.1) is 24.0 Å². The normalized spacial score (nSPS) is 17.1. The van der Waals surface area contributed by atoms with Crippen LogP contribution in [-0.4, -0.2) is 46.2 Å². The minimum absolute atomic E-state index is 0. The molecule has 1 amide bonds. The summed E-state index contributed by atoms with van der Waals surface area (Å²) >= 11 is 0. The molecule has 1 saturated heterocycles. The molecule has 1 unspecified atom stereocenters. The summed E-state index contributed by atoms with van der Waals surface area (Å²) < 4.78 is 1.84. The highest BCUT2D eigenvalue weighted by molar-refractivity contribution is 14.0. The molecule has 0 aliphatic carbocycles. The fourth-order valence-corrected chi connectivity index (χ4v) is 3.52. The fraction of sp³-hybridized carbons (Fsp3) is 0.450. The molecule has 1 aliphatic heterocycles. The van der Waals surface area contributed by atoms with E-state index in [-0.39, 0.29) is 29.9 Å². The first-order chi connectivity index (χ1) is 13.2. The Labute approximate surface area is 183 Å². The van der Waals surface area contributed by atoms with Gasteiger partial charge in [-0.3, -0.25) is 4.79 Å². The number of likely N-dealkylation sites (tertiary alicyclic amines) is 1. The third-order valence-electron chi connectivity index (χ3n) is 4.73. The number of aliphatic imine (C=N–C) groups is 1. The van der Waals surface area contributed by atoms with Gasteiger partial charge >= 0.3 is 0 Å². The molecule has 0 spiro atoms. The maximum absolute atomic E-state index is 11.3. The number of guanidine groups is 1. The Morgan fingerprint density at radius 2 is 2.25 bits per heavy atom. The molecule has 3 rings (SSSR count). The molecule has 1 aromatic carbocycles. The summed E-state index contributed by atoms with van der Waals surface area (Å²) in [5, 5.41) is 7.66. The summed E-state index contributed by atoms with van der Waals surface area (Å²) in [7, 11) is 0. The van der Waals surface area contributed by atoms with Crippen molar-refractivity contribution < 1.29 is 4.79 Å². The predicted octanol–water partition coefficient (Wildman–Crippen LogP) is 2.54. The summed E-state index contributed by atoms with van der Waals surface area (Å²) in [6.07, 6.45) is 6.25. The molecule has 2 heterocycles. The van der Waals surface area contributed by atoms with Crippen LogP contribution in [0.4, 0.5) is 0 Å². The minimum Gasteiger partial charge on any atom is -0.370 e. The van der Waals surface area contributed by atoms with E-state index >= 15 is 0 Å². The number of nitrogens with two attached hydrogens (primary N) is 1. The second kappa shape index (κ2) is 11.0. The number of nitrogens with zero attached hydrogens (tertiary/aromatic N) is 4. The Bertz CT molecular complexity index is 777. The van der Waals surface area contributed by atoms with E-state index in [0.29, 0.717) is 18.9 Å². The summed E-state index contributed by atoms with van der Waals surface area (Å²) in [5.41, 5.74) is 7.54. The van der Waals surface area contributed by atoms with Crippen LogP contribution in [0, 0.1) is 5.92 Å². The second-order valence-corrected chi connectivity index (χ2v) is 6.92. The number of carbonyl (C=O) groups is 1. The van der Waals surface area contributed by atoms with Gasteiger partial charge < -0.3 is 16.0 Å². The van der Waals surface area contributed by atoms with Gasteiger partial charge in [0, 0.05) is 38.4 Å². The predicted molar refractivity (Wildman–Crippen MR) is 122 cm³/mol. The van der Waals surface area contributed by atoms with Crippen LogP contribution >= 0.6 is 24.0 Å². The first kappa shape index (κ1) is 22.2. The lowest BCUT2D eigenvalue weighted by atomic mass is 9.95. The van der Waals surface area contributed by atoms with Crippen molar-refractivity contribution in [3.8, 4) is 5.69 Å². The van der Waals surface area contributed by atoms with Crippen molar-refractivity contribution >= 4 is 35.8 Å². The largest absolute Gasteiger partial charge is 0.370 e. The molecular weight excluding hydrogens is 467 g/mol. The molecule has 3 N–H and O–H groups in total. The van der Waals surface area contributed by atoms with Crippen molar-refractivity contribution in [1.29, 1.82) is 0 Å². The van der Waals surface area contributed by atoms with Crippen molar-refractivity contribution in [3.05, 3.63) is 48.3 Å². The molecule has 152 valence electrons. The molecule has 0 saturated carbocycles. The van der Waals surface area contributed by atoms with Gasteiger partial charge in [-0.25, -0.2) is 9.67 Å². The van der Waals surface area contributed by atoms with Crippen LogP contribution < -0.4 is 11.1 Å². The van der Waals surface area contributed by atoms with E-state index in [1.54, 1.807) is 6.20 Å². The number of rotatable bonds is 6. The molecule has 1 aromatic heterocycles. The van der Waals surface area contributed by atoms with E-state index in [1.165, 1.54) is 0 Å². The third kappa shape index (κ3) is 6.22. The average Bonchev–Trinajstić information content (AvgIpc) is 3.20. The van der Waals surface area contributed by atoms with E-state index in [9.17, 15) is 4.79 Å². The van der Waals surface area contributed by atoms with Gasteiger partial charge in [0.25, 0.3) is 0 Å². The lowest BCUT2D eigenvalue weighted by Gasteiger charge is -2.34. The minimum atomic E-state index is -0.223. The molecule has 0 radical (unpaired) electrons. The van der Waals surface area contributed by atoms with Crippen molar-refractivity contribution in [2.45, 2.75) is 32.7 Å². The third-order valence-corrected chi connectivity index (χ3v) is 4.73. The molecule has 1 fully saturated rings. The van der Waals surface area contributed by atoms with E-state index < -0.39 is 0 Å². The highest BCUT2D eigenvalue weighted by Crippen LogP contribution is 2.19. The Morgan fingerprint density at radius 3 is 2.96 bits per heavy atom. The Morgan fingerprint density at radius 1 is 1.39 bits per heavy atom. The van der Waals surface area contributed by atoms with E-state index in [2.05, 4.69) is 34.4 Å². The number of aromatic nitrogens is 2. The lowest BCUT2D eigenvalue weighted by molar-refractivity contribution is -0.119. The Balaban J connectivity index is 0.00000280. The van der Waals surface area contributed by atoms with Crippen molar-refractivity contribution in [3.63, 3.8) is 0 Å². The highest BCUT2D eigenvalue weighted by Gasteiger charge is 2.23. The van der Waals surface area contributed by atoms with Gasteiger partial charge in [0.15, 0.2) is 5.96 Å². The van der Waals surface area contributed by atoms with Gasteiger partial charge in [0.1, 0.15) is 0 Å². The number of halogens is 1. The number of hydrogen-bond acceptors (Lipinski definition) is 3. The maximum atomic E-state index is 11.3. The Kier molecular flexibility index (Phi) is 8.75. The number of piperidine rings is 1. The standard InChI is InChI=1S/C20H28N6O.HI/c1-2-22-20(25-10-4-7-17(15-25)13-19(21)27)23-14-16-6-3-8-18(12-16)26-11-5-9-24-26;/h3,5-6,8-9,11-12,17H,2,4,7,10,13-15H2,1H3,(H2,21,27)(H,22,23);1H. The number of primary amides is 1. The number of hydrogen-bond donors (Lipinski definition) is 2. The number of benzene rings is 1. The molecule has 8 heteroatoms. The fourth-order valence-electron chi connectivity index (χ4n) is 3.52. The summed E-state index contributed by atoms with van der Waals surface area (Å²) in [5.74, 6) is 0.985. The second-order valence-electron chi connectivity index (χ2n) is 6.92. The molecule has 1 aliphatic rings. The molecule has 0 bridgehead atoms. The lowest BCUT2D eigenvalue weighted by Crippen LogP contribution is -2.47. The molecule has 28 heavy (non-hydrogen) atoms. The smallest absolute Gasteiger partial charge is 0.217 e. The SMILES string of the molecule is CCNC(=NCc1cccc(-n2cccn2)c1)N1CCCC(CC(N)=O)C1.I. The molecule has 2 aromatic rings. The van der Waals surface area contributed by atoms with Gasteiger partial charge in [-0.2, -0.15) is 5.10 Å². The Hall–Kier alpha value is -2.10. The quantitative estimate of drug-likeness (QED) is 0.366. The summed E-state index contributed by atoms with van der Waals surface area (Å²) in [6.45, 7) is 5.24. The zero-order valence-corrected chi connectivity index (χ0v) is 18.6. The van der Waals surface area contributed by atoms with Crippen LogP contribution in [-0.2, 0) is 11.3 Å². The molecule has 1 atom stereocenters. The number of amides is 1. The van der Waals surface area contributed by atoms with Gasteiger partial charge in [0.05, 0.1) is 12.2 Å². The number of nitrogens with one attached hydrogen (secondary N) is 1. The van der Waals surface area contributed by atoms with Gasteiger partial charge in [-0.05, 0) is 49.4 Å². The van der Waals surface area contributed by atoms with Crippen LogP contribution in [0.1, 0.15) is 31.7 Å². The highest BCUT2D eigenvalue weighted by atomic mass is 127. The topological polar surface area (TPSA) is 88.5 Å².